The maximum atomic E-state index is 14.3. The molecule has 4 amide bonds. The molecule has 5 aromatic carbocycles. The van der Waals surface area contributed by atoms with Crippen molar-refractivity contribution in [2.45, 2.75) is 108 Å². The first kappa shape index (κ1) is 82.9. The molecule has 13 heterocycles. The Morgan fingerprint density at radius 3 is 1.25 bits per heavy atom. The zero-order chi connectivity index (χ0) is 88.5. The van der Waals surface area contributed by atoms with Crippen LogP contribution >= 0.6 is 11.6 Å². The molecule has 13 aromatic rings. The number of benzene rings is 5. The van der Waals surface area contributed by atoms with Gasteiger partial charge in [-0.3, -0.25) is 19.2 Å². The summed E-state index contributed by atoms with van der Waals surface area (Å²) in [5, 5.41) is 60.1. The second-order valence-electron chi connectivity index (χ2n) is 31.6. The van der Waals surface area contributed by atoms with E-state index in [0.717, 1.165) is 127 Å². The molecule has 0 atom stereocenters. The maximum Gasteiger partial charge on any atom is 0.233 e. The van der Waals surface area contributed by atoms with Crippen LogP contribution in [0.25, 0.3) is 46.9 Å². The Bertz CT molecular complexity index is 6470. The molecule has 33 nitrogen and oxygen atoms in total. The van der Waals surface area contributed by atoms with Gasteiger partial charge in [0, 0.05) is 93.0 Å². The second-order valence-corrected chi connectivity index (χ2v) is 32.1. The van der Waals surface area contributed by atoms with Crippen LogP contribution in [-0.2, 0) is 19.2 Å². The molecule has 644 valence electrons. The average Bonchev–Trinajstić information content (AvgIpc) is 1.62. The zero-order valence-corrected chi connectivity index (χ0v) is 69.4. The highest BCUT2D eigenvalue weighted by atomic mass is 35.5. The number of para-hydroxylation sites is 1. The molecule has 38 heteroatoms. The number of allylic oxidation sites excluding steroid dienone is 4. The van der Waals surface area contributed by atoms with Gasteiger partial charge in [0.05, 0.1) is 79.2 Å². The topological polar surface area (TPSA) is 400 Å². The molecule has 3 aliphatic carbocycles. The van der Waals surface area contributed by atoms with Gasteiger partial charge in [0.1, 0.15) is 23.3 Å². The predicted octanol–water partition coefficient (Wildman–Crippen LogP) is 14.6. The number of aromatic nitrogens is 16. The number of carbonyl (C=O) groups excluding carboxylic acids is 4. The van der Waals surface area contributed by atoms with Crippen molar-refractivity contribution >= 4 is 152 Å². The van der Waals surface area contributed by atoms with Crippen molar-refractivity contribution in [3.63, 3.8) is 0 Å². The summed E-state index contributed by atoms with van der Waals surface area (Å²) in [6, 6.07) is 33.0. The number of nitrogens with zero attached hydrogens (tertiary/aromatic N) is 18. The van der Waals surface area contributed by atoms with Gasteiger partial charge in [-0.15, -0.1) is 0 Å². The molecule has 0 unspecified atom stereocenters. The SMILES string of the molecule is C=C1NC(=O)C/C1=C\c1cnn2c(NC3CC3)nc(Nc3cc(C)ccc3F)nc12.C=C1NC(=O)C/C1=C\c1cnn2c(NC3CC3)nc(Nc3cc(Cl)ccc3F)nc12.C=C1NC(=O)C/C1=C\c1cnn2c(NC3CC3)nc(Nc3cc(F)ccc3F)nc12.C=C1NC(=O)C/C1=C\c1cnn2c(Nc3ccccc3)nc(N3CCC(c4cccc(C#N)c4)CC3)nc12. The molecular weight excluding hydrogens is 1660 g/mol. The van der Waals surface area contributed by atoms with Crippen LogP contribution in [0, 0.1) is 41.5 Å². The maximum absolute atomic E-state index is 14.3. The van der Waals surface area contributed by atoms with E-state index in [9.17, 15) is 42.0 Å². The Morgan fingerprint density at radius 1 is 0.438 bits per heavy atom. The van der Waals surface area contributed by atoms with Crippen LogP contribution in [0.4, 0.5) is 87.9 Å². The van der Waals surface area contributed by atoms with Gasteiger partial charge >= 0.3 is 0 Å². The van der Waals surface area contributed by atoms with Gasteiger partial charge in [-0.05, 0) is 189 Å². The summed E-state index contributed by atoms with van der Waals surface area (Å²) >= 11 is 5.99. The van der Waals surface area contributed by atoms with Crippen LogP contribution in [0.15, 0.2) is 205 Å². The number of amides is 4. The number of nitriles is 1. The number of anilines is 12. The van der Waals surface area contributed by atoms with Gasteiger partial charge in [-0.2, -0.15) is 83.6 Å². The molecular formula is C90H80ClF4N29O4. The van der Waals surface area contributed by atoms with E-state index in [0.29, 0.717) is 121 Å². The number of aryl methyl sites for hydroxylation is 1. The third-order valence-corrected chi connectivity index (χ3v) is 22.0. The van der Waals surface area contributed by atoms with Gasteiger partial charge in [-0.1, -0.05) is 74.3 Å². The van der Waals surface area contributed by atoms with Crippen molar-refractivity contribution in [3.05, 3.63) is 273 Å². The first-order valence-corrected chi connectivity index (χ1v) is 41.5. The molecule has 5 aliphatic heterocycles. The van der Waals surface area contributed by atoms with Crippen molar-refractivity contribution in [3.8, 4) is 6.07 Å². The lowest BCUT2D eigenvalue weighted by Crippen LogP contribution is -2.34. The fourth-order valence-electron chi connectivity index (χ4n) is 14.7. The Labute approximate surface area is 732 Å². The van der Waals surface area contributed by atoms with Crippen molar-refractivity contribution in [1.82, 2.24) is 99.6 Å². The standard InChI is InChI=1S/C29H26N8O.C21H20FN7O.C20H17ClFN7O.C20H17F2N7O/c1-19-23(16-26(38)32-19)15-24-18-31-37-27(24)34-28(35-29(37)33-25-8-3-2-4-9-25)36-12-10-21(11-13-36)22-7-5-6-20(14-22)17-30;1-11-3-6-16(22)17(7-11)26-20-27-19-14(8-13-9-18(30)24-12(13)2)10-23-29(19)21(28-20)25-15-4-5-15;2*1-10-11(7-17(30)24-10)6-12-9-23-29-18(12)27-19(28-20(29)25-14-3-4-14)26-16-8-13(21)2-5-15(16)22/h2-9,14-15,18,21H,1,10-13,16H2,(H,32,38)(H,33,34,35);3,6-8,10,15H,2,4-5,9H2,1H3,(H,24,30)(H2,25,26,27,28);2*2,5-6,8-9,14H,1,3-4,7H2,(H,24,30)(H2,25,26,27,28)/b23-15+;13-8+;2*11-6+. The molecule has 0 radical (unpaired) electrons. The van der Waals surface area contributed by atoms with Crippen LogP contribution in [0.5, 0.6) is 0 Å². The Kier molecular flexibility index (Phi) is 22.9. The highest BCUT2D eigenvalue weighted by Crippen LogP contribution is 2.37. The van der Waals surface area contributed by atoms with E-state index < -0.39 is 17.5 Å². The summed E-state index contributed by atoms with van der Waals surface area (Å²) in [4.78, 5) is 85.6. The fourth-order valence-corrected chi connectivity index (χ4v) is 14.8. The lowest BCUT2D eigenvalue weighted by atomic mass is 9.89. The van der Waals surface area contributed by atoms with E-state index in [2.05, 4.69) is 152 Å². The van der Waals surface area contributed by atoms with Gasteiger partial charge < -0.3 is 63.4 Å². The largest absolute Gasteiger partial charge is 0.351 e. The molecule has 0 bridgehead atoms. The molecule has 3 saturated carbocycles. The minimum atomic E-state index is -0.626. The van der Waals surface area contributed by atoms with Crippen molar-refractivity contribution < 1.29 is 36.7 Å². The molecule has 21 rings (SSSR count). The summed E-state index contributed by atoms with van der Waals surface area (Å²) in [7, 11) is 0. The van der Waals surface area contributed by atoms with Crippen LogP contribution in [0.1, 0.15) is 122 Å². The molecule has 128 heavy (non-hydrogen) atoms. The van der Waals surface area contributed by atoms with E-state index in [1.54, 1.807) is 61.1 Å². The number of hydrogen-bond donors (Lipinski definition) is 11. The lowest BCUT2D eigenvalue weighted by molar-refractivity contribution is -0.119. The molecule has 11 N–H and O–H groups in total. The van der Waals surface area contributed by atoms with Gasteiger partial charge in [0.25, 0.3) is 0 Å². The quantitative estimate of drug-likeness (QED) is 0.0316. The number of fused-ring (bicyclic) bond motifs is 4. The molecule has 8 aliphatic rings. The second kappa shape index (κ2) is 35.3. The smallest absolute Gasteiger partial charge is 0.233 e. The molecule has 5 saturated heterocycles. The normalized spacial score (nSPS) is 17.5. The third-order valence-electron chi connectivity index (χ3n) is 21.7. The van der Waals surface area contributed by atoms with Crippen molar-refractivity contribution in [2.24, 2.45) is 0 Å². The van der Waals surface area contributed by atoms with Crippen LogP contribution in [-0.4, -0.2) is 133 Å². The number of piperidine rings is 1. The molecule has 8 aromatic heterocycles. The van der Waals surface area contributed by atoms with Crippen molar-refractivity contribution in [1.29, 1.82) is 5.26 Å². The number of rotatable bonds is 20. The fraction of sp³-hybridized carbons (Fsp3) is 0.211. The van der Waals surface area contributed by atoms with Crippen LogP contribution in [0.2, 0.25) is 5.02 Å². The minimum absolute atomic E-state index is 0.0670. The number of nitrogens with one attached hydrogen (secondary N) is 11. The summed E-state index contributed by atoms with van der Waals surface area (Å²) in [6.45, 7) is 19.0. The summed E-state index contributed by atoms with van der Waals surface area (Å²) in [6.07, 6.45) is 23.1. The Balaban J connectivity index is 0.000000116. The van der Waals surface area contributed by atoms with Gasteiger partial charge in [0.15, 0.2) is 22.6 Å². The highest BCUT2D eigenvalue weighted by Gasteiger charge is 2.32. The summed E-state index contributed by atoms with van der Waals surface area (Å²) in [5.74, 6) is 1.13. The average molecular weight is 1740 g/mol. The lowest BCUT2D eigenvalue weighted by Gasteiger charge is -2.32. The number of hydrogen-bond acceptors (Lipinski definition) is 25. The number of carbonyl (C=O) groups is 4. The first-order chi connectivity index (χ1) is 61.9. The van der Waals surface area contributed by atoms with E-state index in [1.165, 1.54) is 29.8 Å². The predicted molar refractivity (Wildman–Crippen MR) is 476 cm³/mol. The third kappa shape index (κ3) is 19.0. The first-order valence-electron chi connectivity index (χ1n) is 41.1. The van der Waals surface area contributed by atoms with E-state index >= 15 is 0 Å². The van der Waals surface area contributed by atoms with Crippen LogP contribution in [0.3, 0.4) is 0 Å². The Hall–Kier alpha value is -16.0. The van der Waals surface area contributed by atoms with E-state index in [1.807, 2.05) is 73.7 Å². The summed E-state index contributed by atoms with van der Waals surface area (Å²) in [5.41, 5.74) is 14.5. The van der Waals surface area contributed by atoms with E-state index in [4.69, 9.17) is 21.6 Å². The monoisotopic (exact) mass is 1740 g/mol. The zero-order valence-electron chi connectivity index (χ0n) is 68.6. The van der Waals surface area contributed by atoms with Crippen molar-refractivity contribution in [2.75, 3.05) is 55.2 Å². The molecule has 0 spiro atoms. The van der Waals surface area contributed by atoms with E-state index in [-0.39, 0.29) is 90.4 Å². The Morgan fingerprint density at radius 2 is 0.836 bits per heavy atom. The summed E-state index contributed by atoms with van der Waals surface area (Å²) < 4.78 is 62.5. The minimum Gasteiger partial charge on any atom is -0.351 e. The highest BCUT2D eigenvalue weighted by molar-refractivity contribution is 6.30. The molecule has 8 fully saturated rings. The van der Waals surface area contributed by atoms with Gasteiger partial charge in [0.2, 0.25) is 71.2 Å². The van der Waals surface area contributed by atoms with Gasteiger partial charge in [-0.25, -0.2) is 17.6 Å². The number of halogens is 5. The van der Waals surface area contributed by atoms with Crippen LogP contribution < -0.4 is 63.4 Å².